The van der Waals surface area contributed by atoms with Gasteiger partial charge in [0, 0.05) is 23.1 Å². The van der Waals surface area contributed by atoms with Gasteiger partial charge >= 0.3 is 0 Å². The van der Waals surface area contributed by atoms with E-state index in [0.29, 0.717) is 6.42 Å². The lowest BCUT2D eigenvalue weighted by Crippen LogP contribution is -2.55. The first kappa shape index (κ1) is 42.2. The van der Waals surface area contributed by atoms with Crippen LogP contribution < -0.4 is 5.32 Å². The van der Waals surface area contributed by atoms with Gasteiger partial charge in [-0.3, -0.25) is 9.59 Å². The van der Waals surface area contributed by atoms with Crippen LogP contribution in [0.25, 0.3) is 6.08 Å². The van der Waals surface area contributed by atoms with Gasteiger partial charge in [-0.25, -0.2) is 4.98 Å². The van der Waals surface area contributed by atoms with E-state index in [1.54, 1.807) is 11.3 Å². The van der Waals surface area contributed by atoms with Gasteiger partial charge in [0.1, 0.15) is 5.78 Å². The van der Waals surface area contributed by atoms with Crippen molar-refractivity contribution in [3.05, 3.63) is 21.7 Å². The van der Waals surface area contributed by atoms with Crippen molar-refractivity contribution < 1.29 is 23.2 Å². The van der Waals surface area contributed by atoms with Crippen LogP contribution >= 0.6 is 11.3 Å². The molecule has 0 aromatic carbocycles. The van der Waals surface area contributed by atoms with E-state index in [1.807, 2.05) is 20.8 Å². The molecular weight excluding hydrogens is 665 g/mol. The van der Waals surface area contributed by atoms with Gasteiger partial charge < -0.3 is 18.9 Å². The summed E-state index contributed by atoms with van der Waals surface area (Å²) in [6.45, 7) is 36.9. The summed E-state index contributed by atoms with van der Waals surface area (Å²) >= 11 is 1.62. The highest BCUT2D eigenvalue weighted by Crippen LogP contribution is 2.47. The van der Waals surface area contributed by atoms with Crippen molar-refractivity contribution in [3.8, 4) is 0 Å². The molecule has 280 valence electrons. The Labute approximate surface area is 305 Å². The number of rotatable bonds is 6. The maximum absolute atomic E-state index is 14.9. The summed E-state index contributed by atoms with van der Waals surface area (Å²) in [6, 6.07) is -0.221. The number of hydrogen-bond donors (Lipinski definition) is 1. The van der Waals surface area contributed by atoms with E-state index in [4.69, 9.17) is 13.6 Å². The fourth-order valence-electron chi connectivity index (χ4n) is 6.62. The van der Waals surface area contributed by atoms with Gasteiger partial charge in [0.05, 0.1) is 47.1 Å². The molecule has 7 nitrogen and oxygen atoms in total. The topological polar surface area (TPSA) is 90.1 Å². The third-order valence-electron chi connectivity index (χ3n) is 12.5. The van der Waals surface area contributed by atoms with Gasteiger partial charge in [0.15, 0.2) is 16.6 Å². The molecule has 0 saturated carbocycles. The molecule has 1 amide bonds. The van der Waals surface area contributed by atoms with Gasteiger partial charge in [-0.2, -0.15) is 0 Å². The number of thiazole rings is 1. The van der Waals surface area contributed by atoms with E-state index in [2.05, 4.69) is 117 Å². The normalized spacial score (nSPS) is 31.7. The first-order valence-corrected chi connectivity index (χ1v) is 25.3. The SMILES string of the molecule is C/C(=C\c1csc(C)n1)[C@@H]1C[C@@H]2O[C@]2(C)CCC[C@H](C)[C@H](O[Si](C)(C)C(C)(C)C)[C@@H](C)C(=O)C(C)(C)[C@@H](O[Si](C)(C)C(C)(C)C)CC(=O)N1. The third-order valence-corrected chi connectivity index (χ3v) is 22.2. The number of carbonyl (C=O) groups excluding carboxylic acids is 2. The highest BCUT2D eigenvalue weighted by atomic mass is 32.1. The first-order chi connectivity index (χ1) is 22.1. The molecule has 0 spiro atoms. The number of epoxide rings is 1. The summed E-state index contributed by atoms with van der Waals surface area (Å²) in [5.41, 5.74) is 0.797. The second-order valence-electron chi connectivity index (χ2n) is 19.1. The molecule has 3 heterocycles. The van der Waals surface area contributed by atoms with Crippen molar-refractivity contribution >= 4 is 45.7 Å². The molecule has 2 fully saturated rings. The number of aromatic nitrogens is 1. The number of ether oxygens (including phenoxy) is 1. The molecule has 1 aromatic heterocycles. The Morgan fingerprint density at radius 1 is 1.02 bits per heavy atom. The van der Waals surface area contributed by atoms with Gasteiger partial charge in [-0.05, 0) is 87.4 Å². The van der Waals surface area contributed by atoms with Crippen LogP contribution in [0, 0.1) is 24.2 Å². The Morgan fingerprint density at radius 3 is 2.12 bits per heavy atom. The average molecular weight is 735 g/mol. The van der Waals surface area contributed by atoms with E-state index >= 15 is 0 Å². The fraction of sp³-hybridized carbons (Fsp3) is 0.821. The smallest absolute Gasteiger partial charge is 0.223 e. The number of hydrogen-bond acceptors (Lipinski definition) is 7. The molecule has 49 heavy (non-hydrogen) atoms. The van der Waals surface area contributed by atoms with E-state index in [-0.39, 0.29) is 63.9 Å². The lowest BCUT2D eigenvalue weighted by molar-refractivity contribution is -0.142. The molecule has 0 radical (unpaired) electrons. The number of carbonyl (C=O) groups is 2. The summed E-state index contributed by atoms with van der Waals surface area (Å²) in [7, 11) is -4.58. The van der Waals surface area contributed by atoms with Crippen molar-refractivity contribution in [1.82, 2.24) is 10.3 Å². The van der Waals surface area contributed by atoms with E-state index in [0.717, 1.165) is 35.5 Å². The molecule has 1 N–H and O–H groups in total. The minimum Gasteiger partial charge on any atom is -0.413 e. The van der Waals surface area contributed by atoms with Gasteiger partial charge in [-0.15, -0.1) is 11.3 Å². The number of ketones is 1. The second kappa shape index (κ2) is 15.1. The molecular formula is C39H70N2O5SSi2. The largest absolute Gasteiger partial charge is 0.413 e. The molecule has 1 aromatic rings. The number of nitrogens with zero attached hydrogens (tertiary/aromatic N) is 1. The molecule has 7 atom stereocenters. The summed E-state index contributed by atoms with van der Waals surface area (Å²) in [5, 5.41) is 6.36. The minimum absolute atomic E-state index is 0.0102. The van der Waals surface area contributed by atoms with Crippen LogP contribution in [-0.4, -0.2) is 63.3 Å². The Balaban J connectivity index is 2.08. The second-order valence-corrected chi connectivity index (χ2v) is 29.7. The molecule has 0 bridgehead atoms. The number of nitrogens with one attached hydrogen (secondary N) is 1. The lowest BCUT2D eigenvalue weighted by Gasteiger charge is -2.46. The summed E-state index contributed by atoms with van der Waals surface area (Å²) < 4.78 is 20.6. The quantitative estimate of drug-likeness (QED) is 0.231. The van der Waals surface area contributed by atoms with Crippen LogP contribution in [0.4, 0.5) is 0 Å². The number of amides is 1. The van der Waals surface area contributed by atoms with Crippen LogP contribution in [0.3, 0.4) is 0 Å². The molecule has 0 aliphatic carbocycles. The zero-order valence-electron chi connectivity index (χ0n) is 34.1. The average Bonchev–Trinajstić information content (AvgIpc) is 3.39. The van der Waals surface area contributed by atoms with Crippen LogP contribution in [0.1, 0.15) is 126 Å². The molecule has 2 aliphatic rings. The summed E-state index contributed by atoms with van der Waals surface area (Å²) in [4.78, 5) is 33.7. The van der Waals surface area contributed by atoms with Gasteiger partial charge in [0.25, 0.3) is 0 Å². The van der Waals surface area contributed by atoms with Crippen molar-refractivity contribution in [2.45, 2.75) is 188 Å². The van der Waals surface area contributed by atoms with Crippen molar-refractivity contribution in [2.24, 2.45) is 17.3 Å². The number of Topliss-reactive ketones (excluding diaryl/α,β-unsaturated/α-hetero) is 1. The highest BCUT2D eigenvalue weighted by molar-refractivity contribution is 7.09. The van der Waals surface area contributed by atoms with Crippen molar-refractivity contribution in [3.63, 3.8) is 0 Å². The Kier molecular flexibility index (Phi) is 13.0. The standard InChI is InChI=1S/C39H70N2O5SSi2/c1-25-19-18-20-39(13)32(44-39)22-30(26(2)21-29-24-47-28(4)40-29)41-33(42)23-31(45-48(14,15)36(5,6)7)38(11,12)35(43)27(3)34(25)46-49(16,17)37(8,9)10/h21,24-25,27,30-32,34H,18-20,22-23H2,1-17H3,(H,41,42)/b26-21+/t25-,27+,30-,31-,32-,34-,39+/m0/s1. The molecule has 10 heteroatoms. The molecule has 2 aliphatic heterocycles. The van der Waals surface area contributed by atoms with E-state index in [1.165, 1.54) is 0 Å². The monoisotopic (exact) mass is 734 g/mol. The first-order valence-electron chi connectivity index (χ1n) is 18.6. The van der Waals surface area contributed by atoms with Crippen LogP contribution in [-0.2, 0) is 23.2 Å². The van der Waals surface area contributed by atoms with Crippen LogP contribution in [0.15, 0.2) is 11.0 Å². The van der Waals surface area contributed by atoms with E-state index in [9.17, 15) is 9.59 Å². The zero-order valence-corrected chi connectivity index (χ0v) is 36.9. The predicted molar refractivity (Wildman–Crippen MR) is 210 cm³/mol. The van der Waals surface area contributed by atoms with Crippen molar-refractivity contribution in [1.29, 1.82) is 0 Å². The summed E-state index contributed by atoms with van der Waals surface area (Å²) in [5.74, 6) is -0.183. The van der Waals surface area contributed by atoms with Crippen LogP contribution in [0.5, 0.6) is 0 Å². The predicted octanol–water partition coefficient (Wildman–Crippen LogP) is 10.1. The third kappa shape index (κ3) is 10.2. The Bertz CT molecular complexity index is 1360. The Morgan fingerprint density at radius 2 is 1.59 bits per heavy atom. The minimum atomic E-state index is -2.38. The van der Waals surface area contributed by atoms with E-state index < -0.39 is 28.2 Å². The Hall–Kier alpha value is -1.18. The zero-order chi connectivity index (χ0) is 37.5. The maximum Gasteiger partial charge on any atom is 0.223 e. The molecule has 3 rings (SSSR count). The van der Waals surface area contributed by atoms with Crippen LogP contribution in [0.2, 0.25) is 36.3 Å². The summed E-state index contributed by atoms with van der Waals surface area (Å²) in [6.07, 6.45) is 4.97. The molecule has 0 unspecified atom stereocenters. The van der Waals surface area contributed by atoms with Crippen molar-refractivity contribution in [2.75, 3.05) is 0 Å². The highest BCUT2D eigenvalue weighted by Gasteiger charge is 2.53. The number of aryl methyl sites for hydroxylation is 1. The molecule has 2 saturated heterocycles. The van der Waals surface area contributed by atoms with Gasteiger partial charge in [0.2, 0.25) is 5.91 Å². The fourth-order valence-corrected chi connectivity index (χ4v) is 10.1. The van der Waals surface area contributed by atoms with Gasteiger partial charge in [-0.1, -0.05) is 75.7 Å². The maximum atomic E-state index is 14.9. The lowest BCUT2D eigenvalue weighted by atomic mass is 9.72. The number of fused-ring (bicyclic) bond motifs is 1.